The predicted octanol–water partition coefficient (Wildman–Crippen LogP) is 2.42. The summed E-state index contributed by atoms with van der Waals surface area (Å²) in [5.74, 6) is -1.52. The second kappa shape index (κ2) is 7.65. The van der Waals surface area contributed by atoms with Gasteiger partial charge in [-0.25, -0.2) is 9.18 Å². The van der Waals surface area contributed by atoms with Gasteiger partial charge in [0.25, 0.3) is 5.91 Å². The number of piperidine rings is 1. The topological polar surface area (TPSA) is 84.5 Å². The van der Waals surface area contributed by atoms with E-state index < -0.39 is 23.9 Å². The summed E-state index contributed by atoms with van der Waals surface area (Å²) < 4.78 is 18.8. The zero-order valence-corrected chi connectivity index (χ0v) is 14.8. The number of amides is 2. The molecule has 1 aromatic heterocycles. The number of methoxy groups -OCH3 is 1. The lowest BCUT2D eigenvalue weighted by Crippen LogP contribution is -2.50. The number of halogens is 1. The quantitative estimate of drug-likeness (QED) is 0.803. The molecule has 0 radical (unpaired) electrons. The van der Waals surface area contributed by atoms with Crippen LogP contribution in [0.4, 0.5) is 4.39 Å². The van der Waals surface area contributed by atoms with E-state index in [1.165, 1.54) is 25.3 Å². The van der Waals surface area contributed by atoms with E-state index in [1.54, 1.807) is 18.2 Å². The summed E-state index contributed by atoms with van der Waals surface area (Å²) >= 11 is 1.01. The summed E-state index contributed by atoms with van der Waals surface area (Å²) in [6, 6.07) is 8.09. The Morgan fingerprint density at radius 1 is 1.23 bits per heavy atom. The average Bonchev–Trinajstić information content (AvgIpc) is 3.13. The maximum atomic E-state index is 14.2. The van der Waals surface area contributed by atoms with Gasteiger partial charge < -0.3 is 15.4 Å². The van der Waals surface area contributed by atoms with Crippen LogP contribution in [0.5, 0.6) is 0 Å². The first-order valence-corrected chi connectivity index (χ1v) is 8.84. The van der Waals surface area contributed by atoms with Gasteiger partial charge in [-0.2, -0.15) is 0 Å². The fourth-order valence-corrected chi connectivity index (χ4v) is 3.71. The first-order chi connectivity index (χ1) is 12.5. The number of benzene rings is 1. The van der Waals surface area contributed by atoms with Gasteiger partial charge in [-0.1, -0.05) is 18.2 Å². The smallest absolute Gasteiger partial charge is 0.348 e. The van der Waals surface area contributed by atoms with Crippen molar-refractivity contribution in [3.05, 3.63) is 57.5 Å². The standard InChI is InChI=1S/C18H17FN2O4S/c1-25-18(24)14-8-7-13(26-14)17(23)20-12-6-9-15(22)21-16(12)10-4-2-3-5-11(10)19/h2-5,7-8,12,16H,6,9H2,1H3,(H,20,23)(H,21,22). The summed E-state index contributed by atoms with van der Waals surface area (Å²) in [6.07, 6.45) is 0.638. The van der Waals surface area contributed by atoms with Crippen molar-refractivity contribution in [3.63, 3.8) is 0 Å². The minimum Gasteiger partial charge on any atom is -0.465 e. The molecule has 3 rings (SSSR count). The van der Waals surface area contributed by atoms with E-state index in [1.807, 2.05) is 0 Å². The summed E-state index contributed by atoms with van der Waals surface area (Å²) in [4.78, 5) is 36.5. The minimum absolute atomic E-state index is 0.187. The molecule has 2 amide bonds. The molecular formula is C18H17FN2O4S. The largest absolute Gasteiger partial charge is 0.465 e. The Morgan fingerprint density at radius 3 is 2.69 bits per heavy atom. The first kappa shape index (κ1) is 18.1. The Labute approximate surface area is 153 Å². The van der Waals surface area contributed by atoms with Gasteiger partial charge >= 0.3 is 5.97 Å². The minimum atomic E-state index is -0.651. The lowest BCUT2D eigenvalue weighted by molar-refractivity contribution is -0.123. The molecular weight excluding hydrogens is 359 g/mol. The second-order valence-electron chi connectivity index (χ2n) is 5.84. The van der Waals surface area contributed by atoms with Crippen LogP contribution in [0, 0.1) is 5.82 Å². The van der Waals surface area contributed by atoms with Gasteiger partial charge in [-0.3, -0.25) is 9.59 Å². The van der Waals surface area contributed by atoms with E-state index in [9.17, 15) is 18.8 Å². The molecule has 1 aliphatic rings. The molecule has 2 unspecified atom stereocenters. The van der Waals surface area contributed by atoms with E-state index in [4.69, 9.17) is 0 Å². The zero-order chi connectivity index (χ0) is 18.7. The van der Waals surface area contributed by atoms with Gasteiger partial charge in [-0.05, 0) is 24.6 Å². The Balaban J connectivity index is 1.79. The van der Waals surface area contributed by atoms with E-state index in [0.717, 1.165) is 11.3 Å². The summed E-state index contributed by atoms with van der Waals surface area (Å²) in [7, 11) is 1.27. The number of thiophene rings is 1. The van der Waals surface area contributed by atoms with Gasteiger partial charge in [0.15, 0.2) is 0 Å². The average molecular weight is 376 g/mol. The summed E-state index contributed by atoms with van der Waals surface area (Å²) in [5, 5.41) is 5.59. The molecule has 26 heavy (non-hydrogen) atoms. The second-order valence-corrected chi connectivity index (χ2v) is 6.92. The molecule has 1 saturated heterocycles. The molecule has 1 aromatic carbocycles. The lowest BCUT2D eigenvalue weighted by atomic mass is 9.91. The number of hydrogen-bond acceptors (Lipinski definition) is 5. The predicted molar refractivity (Wildman–Crippen MR) is 93.4 cm³/mol. The molecule has 2 heterocycles. The lowest BCUT2D eigenvalue weighted by Gasteiger charge is -2.33. The van der Waals surface area contributed by atoms with Crippen LogP contribution in [0.25, 0.3) is 0 Å². The van der Waals surface area contributed by atoms with Gasteiger partial charge in [-0.15, -0.1) is 11.3 Å². The zero-order valence-electron chi connectivity index (χ0n) is 14.0. The maximum absolute atomic E-state index is 14.2. The molecule has 2 N–H and O–H groups in total. The maximum Gasteiger partial charge on any atom is 0.348 e. The molecule has 0 aliphatic carbocycles. The van der Waals surface area contributed by atoms with Crippen molar-refractivity contribution < 1.29 is 23.5 Å². The van der Waals surface area contributed by atoms with Gasteiger partial charge in [0.1, 0.15) is 10.7 Å². The van der Waals surface area contributed by atoms with E-state index >= 15 is 0 Å². The van der Waals surface area contributed by atoms with Crippen molar-refractivity contribution in [2.45, 2.75) is 24.9 Å². The Hall–Kier alpha value is -2.74. The highest BCUT2D eigenvalue weighted by molar-refractivity contribution is 7.15. The number of rotatable bonds is 4. The first-order valence-electron chi connectivity index (χ1n) is 8.02. The monoisotopic (exact) mass is 376 g/mol. The van der Waals surface area contributed by atoms with Gasteiger partial charge in [0, 0.05) is 12.0 Å². The Kier molecular flexibility index (Phi) is 5.32. The van der Waals surface area contributed by atoms with E-state index in [2.05, 4.69) is 15.4 Å². The van der Waals surface area contributed by atoms with Crippen molar-refractivity contribution in [2.75, 3.05) is 7.11 Å². The van der Waals surface area contributed by atoms with E-state index in [-0.39, 0.29) is 18.2 Å². The van der Waals surface area contributed by atoms with Crippen molar-refractivity contribution in [1.29, 1.82) is 0 Å². The van der Waals surface area contributed by atoms with Crippen molar-refractivity contribution >= 4 is 29.1 Å². The van der Waals surface area contributed by atoms with Crippen LogP contribution in [0.3, 0.4) is 0 Å². The number of ether oxygens (including phenoxy) is 1. The fraction of sp³-hybridized carbons (Fsp3) is 0.278. The van der Waals surface area contributed by atoms with Crippen molar-refractivity contribution in [3.8, 4) is 0 Å². The third-order valence-corrected chi connectivity index (χ3v) is 5.24. The molecule has 1 fully saturated rings. The van der Waals surface area contributed by atoms with Crippen molar-refractivity contribution in [2.24, 2.45) is 0 Å². The third-order valence-electron chi connectivity index (χ3n) is 4.17. The molecule has 0 spiro atoms. The molecule has 0 bridgehead atoms. The number of carbonyl (C=O) groups excluding carboxylic acids is 3. The molecule has 0 saturated carbocycles. The number of carbonyl (C=O) groups is 3. The third kappa shape index (κ3) is 3.75. The SMILES string of the molecule is COC(=O)c1ccc(C(=O)NC2CCC(=O)NC2c2ccccc2F)s1. The van der Waals surface area contributed by atoms with Crippen LogP contribution in [0.2, 0.25) is 0 Å². The molecule has 2 aromatic rings. The molecule has 1 aliphatic heterocycles. The van der Waals surface area contributed by atoms with Crippen LogP contribution < -0.4 is 10.6 Å². The number of hydrogen-bond donors (Lipinski definition) is 2. The summed E-state index contributed by atoms with van der Waals surface area (Å²) in [6.45, 7) is 0. The Bertz CT molecular complexity index is 851. The fourth-order valence-electron chi connectivity index (χ4n) is 2.89. The van der Waals surface area contributed by atoms with Gasteiger partial charge in [0.2, 0.25) is 5.91 Å². The molecule has 8 heteroatoms. The normalized spacial score (nSPS) is 19.5. The van der Waals surface area contributed by atoms with Crippen LogP contribution in [-0.4, -0.2) is 30.9 Å². The van der Waals surface area contributed by atoms with E-state index in [0.29, 0.717) is 21.7 Å². The molecule has 136 valence electrons. The van der Waals surface area contributed by atoms with Gasteiger partial charge in [0.05, 0.1) is 24.1 Å². The summed E-state index contributed by atoms with van der Waals surface area (Å²) in [5.41, 5.74) is 0.326. The number of nitrogens with one attached hydrogen (secondary N) is 2. The van der Waals surface area contributed by atoms with Crippen LogP contribution >= 0.6 is 11.3 Å². The highest BCUT2D eigenvalue weighted by Gasteiger charge is 2.33. The Morgan fingerprint density at radius 2 is 1.96 bits per heavy atom. The molecule has 2 atom stereocenters. The van der Waals surface area contributed by atoms with Crippen LogP contribution in [0.1, 0.15) is 43.8 Å². The van der Waals surface area contributed by atoms with Crippen molar-refractivity contribution in [1.82, 2.24) is 10.6 Å². The van der Waals surface area contributed by atoms with Crippen LogP contribution in [0.15, 0.2) is 36.4 Å². The highest BCUT2D eigenvalue weighted by Crippen LogP contribution is 2.27. The molecule has 6 nitrogen and oxygen atoms in total. The number of esters is 1. The highest BCUT2D eigenvalue weighted by atomic mass is 32.1. The van der Waals surface area contributed by atoms with Crippen LogP contribution in [-0.2, 0) is 9.53 Å².